The SMILES string of the molecule is CC12CCC(=O)CC1CCC1C2CCC2(C)C(C(=O)Cn3cnc4c(=S)cc[nH]c43)CCC12. The molecule has 0 bridgehead atoms. The number of carbonyl (C=O) groups excluding carboxylic acids is 2. The highest BCUT2D eigenvalue weighted by atomic mass is 32.1. The van der Waals surface area contributed by atoms with Crippen LogP contribution in [0.2, 0.25) is 0 Å². The molecular formula is C27H35N3O2S. The van der Waals surface area contributed by atoms with Gasteiger partial charge in [0.15, 0.2) is 5.78 Å². The van der Waals surface area contributed by atoms with Crippen LogP contribution in [-0.4, -0.2) is 26.1 Å². The summed E-state index contributed by atoms with van der Waals surface area (Å²) >= 11 is 5.39. The zero-order chi connectivity index (χ0) is 23.0. The summed E-state index contributed by atoms with van der Waals surface area (Å²) in [5.41, 5.74) is 2.05. The van der Waals surface area contributed by atoms with Crippen molar-refractivity contribution in [2.45, 2.75) is 78.2 Å². The van der Waals surface area contributed by atoms with Crippen molar-refractivity contribution < 1.29 is 9.59 Å². The molecule has 7 atom stereocenters. The zero-order valence-corrected chi connectivity index (χ0v) is 20.6. The van der Waals surface area contributed by atoms with E-state index in [-0.39, 0.29) is 11.3 Å². The summed E-state index contributed by atoms with van der Waals surface area (Å²) in [6.45, 7) is 5.28. The second kappa shape index (κ2) is 7.59. The van der Waals surface area contributed by atoms with E-state index in [1.807, 2.05) is 16.8 Å². The lowest BCUT2D eigenvalue weighted by Gasteiger charge is -2.60. The number of nitrogens with zero attached hydrogens (tertiary/aromatic N) is 2. The third-order valence-electron chi connectivity index (χ3n) is 10.7. The summed E-state index contributed by atoms with van der Waals surface area (Å²) in [4.78, 5) is 33.5. The molecule has 176 valence electrons. The molecule has 4 aliphatic rings. The molecule has 1 N–H and O–H groups in total. The Morgan fingerprint density at radius 1 is 1.15 bits per heavy atom. The van der Waals surface area contributed by atoms with Crippen LogP contribution in [0.5, 0.6) is 0 Å². The molecule has 0 saturated heterocycles. The van der Waals surface area contributed by atoms with Crippen molar-refractivity contribution in [1.29, 1.82) is 0 Å². The first-order valence-electron chi connectivity index (χ1n) is 12.9. The average molecular weight is 466 g/mol. The first kappa shape index (κ1) is 21.7. The fourth-order valence-electron chi connectivity index (χ4n) is 8.96. The van der Waals surface area contributed by atoms with Crippen LogP contribution in [-0.2, 0) is 16.1 Å². The molecule has 0 aliphatic heterocycles. The van der Waals surface area contributed by atoms with Crippen molar-refractivity contribution in [2.75, 3.05) is 0 Å². The van der Waals surface area contributed by atoms with Crippen molar-refractivity contribution in [3.63, 3.8) is 0 Å². The average Bonchev–Trinajstić information content (AvgIpc) is 3.36. The number of aromatic nitrogens is 3. The topological polar surface area (TPSA) is 67.8 Å². The maximum absolute atomic E-state index is 13.7. The molecule has 4 aliphatic carbocycles. The van der Waals surface area contributed by atoms with Gasteiger partial charge in [-0.3, -0.25) is 9.59 Å². The van der Waals surface area contributed by atoms with Gasteiger partial charge in [0.2, 0.25) is 0 Å². The standard InChI is InChI=1S/C27H35N3O2S/c1-26-10-7-17(31)13-16(26)3-4-18-19-5-6-21(27(19,2)11-8-20(18)26)22(32)14-30-15-29-24-23(33)9-12-28-25(24)30/h9,12,15-16,18-21H,3-8,10-11,13-14H2,1-2H3,(H,28,33). The Hall–Kier alpha value is -1.82. The number of hydrogen-bond acceptors (Lipinski definition) is 4. The molecule has 33 heavy (non-hydrogen) atoms. The van der Waals surface area contributed by atoms with Crippen LogP contribution in [0.4, 0.5) is 0 Å². The van der Waals surface area contributed by atoms with Gasteiger partial charge in [-0.05, 0) is 85.5 Å². The summed E-state index contributed by atoms with van der Waals surface area (Å²) < 4.78 is 2.66. The van der Waals surface area contributed by atoms with Crippen molar-refractivity contribution in [2.24, 2.45) is 40.4 Å². The van der Waals surface area contributed by atoms with E-state index in [1.165, 1.54) is 25.7 Å². The molecular weight excluding hydrogens is 430 g/mol. The summed E-state index contributed by atoms with van der Waals surface area (Å²) in [5, 5.41) is 0. The maximum atomic E-state index is 13.7. The highest BCUT2D eigenvalue weighted by Gasteiger charge is 2.61. The third kappa shape index (κ3) is 3.15. The van der Waals surface area contributed by atoms with Gasteiger partial charge in [-0.25, -0.2) is 4.98 Å². The highest BCUT2D eigenvalue weighted by Crippen LogP contribution is 2.67. The number of imidazole rings is 1. The van der Waals surface area contributed by atoms with Crippen molar-refractivity contribution in [1.82, 2.24) is 14.5 Å². The molecule has 7 unspecified atom stereocenters. The number of fused-ring (bicyclic) bond motifs is 6. The van der Waals surface area contributed by atoms with Crippen LogP contribution in [0, 0.1) is 44.9 Å². The van der Waals surface area contributed by atoms with E-state index in [2.05, 4.69) is 23.8 Å². The Morgan fingerprint density at radius 2 is 1.97 bits per heavy atom. The molecule has 6 rings (SSSR count). The van der Waals surface area contributed by atoms with E-state index >= 15 is 0 Å². The molecule has 0 spiro atoms. The fraction of sp³-hybridized carbons (Fsp3) is 0.704. The lowest BCUT2D eigenvalue weighted by Crippen LogP contribution is -2.54. The van der Waals surface area contributed by atoms with Crippen LogP contribution < -0.4 is 0 Å². The van der Waals surface area contributed by atoms with Crippen molar-refractivity contribution in [3.8, 4) is 0 Å². The van der Waals surface area contributed by atoms with Crippen LogP contribution in [0.3, 0.4) is 0 Å². The molecule has 6 heteroatoms. The number of aromatic amines is 1. The molecule has 2 aromatic heterocycles. The fourth-order valence-corrected chi connectivity index (χ4v) is 9.18. The minimum atomic E-state index is 0.106. The van der Waals surface area contributed by atoms with Gasteiger partial charge < -0.3 is 9.55 Å². The van der Waals surface area contributed by atoms with Gasteiger partial charge in [-0.15, -0.1) is 0 Å². The summed E-state index contributed by atoms with van der Waals surface area (Å²) in [6.07, 6.45) is 13.3. The van der Waals surface area contributed by atoms with E-state index in [4.69, 9.17) is 12.2 Å². The molecule has 0 amide bonds. The highest BCUT2D eigenvalue weighted by molar-refractivity contribution is 7.71. The summed E-state index contributed by atoms with van der Waals surface area (Å²) in [5.74, 6) is 3.65. The van der Waals surface area contributed by atoms with Gasteiger partial charge in [-0.2, -0.15) is 0 Å². The van der Waals surface area contributed by atoms with E-state index in [9.17, 15) is 9.59 Å². The molecule has 2 heterocycles. The molecule has 2 aromatic rings. The second-order valence-electron chi connectivity index (χ2n) is 12.0. The Bertz CT molecular complexity index is 1180. The predicted octanol–water partition coefficient (Wildman–Crippen LogP) is 5.89. The largest absolute Gasteiger partial charge is 0.346 e. The summed E-state index contributed by atoms with van der Waals surface area (Å²) in [6, 6.07) is 1.84. The Balaban J connectivity index is 1.23. The Kier molecular flexibility index (Phi) is 4.99. The van der Waals surface area contributed by atoms with Gasteiger partial charge in [0.25, 0.3) is 0 Å². The van der Waals surface area contributed by atoms with Crippen LogP contribution in [0.1, 0.15) is 71.6 Å². The molecule has 5 nitrogen and oxygen atoms in total. The monoisotopic (exact) mass is 465 g/mol. The number of H-pyrrole nitrogens is 1. The number of hydrogen-bond donors (Lipinski definition) is 1. The summed E-state index contributed by atoms with van der Waals surface area (Å²) in [7, 11) is 0. The molecule has 4 fully saturated rings. The van der Waals surface area contributed by atoms with Gasteiger partial charge in [0, 0.05) is 25.0 Å². The van der Waals surface area contributed by atoms with Gasteiger partial charge in [0.1, 0.15) is 16.9 Å². The van der Waals surface area contributed by atoms with Crippen LogP contribution in [0.15, 0.2) is 18.6 Å². The van der Waals surface area contributed by atoms with Crippen molar-refractivity contribution in [3.05, 3.63) is 23.1 Å². The zero-order valence-electron chi connectivity index (χ0n) is 19.8. The minimum absolute atomic E-state index is 0.106. The van der Waals surface area contributed by atoms with E-state index in [1.54, 1.807) is 6.33 Å². The first-order valence-corrected chi connectivity index (χ1v) is 13.3. The maximum Gasteiger partial charge on any atom is 0.156 e. The quantitative estimate of drug-likeness (QED) is 0.574. The lowest BCUT2D eigenvalue weighted by molar-refractivity contribution is -0.144. The Labute approximate surface area is 200 Å². The lowest BCUT2D eigenvalue weighted by atomic mass is 9.44. The smallest absolute Gasteiger partial charge is 0.156 e. The second-order valence-corrected chi connectivity index (χ2v) is 12.4. The van der Waals surface area contributed by atoms with Gasteiger partial charge in [0.05, 0.1) is 17.4 Å². The minimum Gasteiger partial charge on any atom is -0.346 e. The van der Waals surface area contributed by atoms with Gasteiger partial charge in [-0.1, -0.05) is 26.1 Å². The van der Waals surface area contributed by atoms with Gasteiger partial charge >= 0.3 is 0 Å². The number of pyridine rings is 1. The van der Waals surface area contributed by atoms with E-state index < -0.39 is 0 Å². The number of ketones is 2. The third-order valence-corrected chi connectivity index (χ3v) is 11.1. The number of nitrogens with one attached hydrogen (secondary N) is 1. The van der Waals surface area contributed by atoms with Crippen molar-refractivity contribution >= 4 is 34.9 Å². The van der Waals surface area contributed by atoms with Crippen LogP contribution >= 0.6 is 12.2 Å². The Morgan fingerprint density at radius 3 is 2.82 bits per heavy atom. The number of rotatable bonds is 3. The molecule has 0 aromatic carbocycles. The van der Waals surface area contributed by atoms with E-state index in [0.717, 1.165) is 59.6 Å². The first-order chi connectivity index (χ1) is 15.8. The van der Waals surface area contributed by atoms with E-state index in [0.29, 0.717) is 35.4 Å². The molecule has 0 radical (unpaired) electrons. The predicted molar refractivity (Wildman–Crippen MR) is 130 cm³/mol. The molecule has 4 saturated carbocycles. The van der Waals surface area contributed by atoms with Crippen LogP contribution in [0.25, 0.3) is 11.2 Å². The number of carbonyl (C=O) groups is 2. The number of Topliss-reactive ketones (excluding diaryl/α,β-unsaturated/α-hetero) is 2. The normalized spacial score (nSPS) is 40.3.